The van der Waals surface area contributed by atoms with Gasteiger partial charge >= 0.3 is 6.09 Å². The first-order valence-corrected chi connectivity index (χ1v) is 6.98. The second kappa shape index (κ2) is 5.79. The number of hydrogen-bond donors (Lipinski definition) is 2. The monoisotopic (exact) mass is 277 g/mol. The molecule has 1 aromatic rings. The van der Waals surface area contributed by atoms with E-state index >= 15 is 0 Å². The summed E-state index contributed by atoms with van der Waals surface area (Å²) in [5, 5.41) is 6.27. The minimum atomic E-state index is -0.449. The van der Waals surface area contributed by atoms with Crippen LogP contribution < -0.4 is 10.6 Å². The van der Waals surface area contributed by atoms with Crippen LogP contribution in [0.15, 0.2) is 18.3 Å². The van der Waals surface area contributed by atoms with Gasteiger partial charge in [0, 0.05) is 30.5 Å². The number of hydrogen-bond acceptors (Lipinski definition) is 4. The molecule has 2 unspecified atom stereocenters. The van der Waals surface area contributed by atoms with E-state index in [-0.39, 0.29) is 12.1 Å². The first-order valence-electron chi connectivity index (χ1n) is 6.98. The normalized spacial score (nSPS) is 21.4. The van der Waals surface area contributed by atoms with Gasteiger partial charge in [-0.2, -0.15) is 0 Å². The standard InChI is InChI=1S/C15H23N3O2/c1-10-5-6-11(8-16-10)9-17-12-7-13(12)18-14(19)20-15(2,3)4/h5-6,8,12-13,17H,7,9H2,1-4H3,(H,18,19). The summed E-state index contributed by atoms with van der Waals surface area (Å²) in [4.78, 5) is 15.9. The number of rotatable bonds is 4. The van der Waals surface area contributed by atoms with Crippen molar-refractivity contribution in [1.29, 1.82) is 0 Å². The molecule has 2 N–H and O–H groups in total. The Morgan fingerprint density at radius 1 is 1.40 bits per heavy atom. The van der Waals surface area contributed by atoms with Crippen molar-refractivity contribution in [2.45, 2.75) is 58.3 Å². The van der Waals surface area contributed by atoms with Crippen LogP contribution in [0.2, 0.25) is 0 Å². The lowest BCUT2D eigenvalue weighted by molar-refractivity contribution is 0.0522. The summed E-state index contributed by atoms with van der Waals surface area (Å²) >= 11 is 0. The van der Waals surface area contributed by atoms with Crippen molar-refractivity contribution in [3.8, 4) is 0 Å². The van der Waals surface area contributed by atoms with Crippen molar-refractivity contribution in [3.05, 3.63) is 29.6 Å². The molecule has 1 aromatic heterocycles. The van der Waals surface area contributed by atoms with Gasteiger partial charge < -0.3 is 15.4 Å². The lowest BCUT2D eigenvalue weighted by Crippen LogP contribution is -2.36. The quantitative estimate of drug-likeness (QED) is 0.885. The fourth-order valence-corrected chi connectivity index (χ4v) is 1.89. The van der Waals surface area contributed by atoms with Gasteiger partial charge in [0.2, 0.25) is 0 Å². The molecule has 0 spiro atoms. The van der Waals surface area contributed by atoms with Gasteiger partial charge in [0.15, 0.2) is 0 Å². The number of ether oxygens (including phenoxy) is 1. The third-order valence-corrected chi connectivity index (χ3v) is 3.03. The Morgan fingerprint density at radius 3 is 2.75 bits per heavy atom. The van der Waals surface area contributed by atoms with E-state index in [0.29, 0.717) is 6.04 Å². The van der Waals surface area contributed by atoms with Crippen LogP contribution in [0.5, 0.6) is 0 Å². The SMILES string of the molecule is Cc1ccc(CNC2CC2NC(=O)OC(C)(C)C)cn1. The number of amides is 1. The van der Waals surface area contributed by atoms with Crippen LogP contribution in [0, 0.1) is 6.92 Å². The summed E-state index contributed by atoms with van der Waals surface area (Å²) in [5.74, 6) is 0. The topological polar surface area (TPSA) is 63.2 Å². The van der Waals surface area contributed by atoms with Crippen LogP contribution in [-0.2, 0) is 11.3 Å². The molecule has 1 amide bonds. The smallest absolute Gasteiger partial charge is 0.407 e. The van der Waals surface area contributed by atoms with Gasteiger partial charge in [-0.15, -0.1) is 0 Å². The van der Waals surface area contributed by atoms with Crippen molar-refractivity contribution in [3.63, 3.8) is 0 Å². The maximum absolute atomic E-state index is 11.6. The number of aryl methyl sites for hydroxylation is 1. The molecular formula is C15H23N3O2. The molecule has 5 nitrogen and oxygen atoms in total. The van der Waals surface area contributed by atoms with Crippen LogP contribution >= 0.6 is 0 Å². The summed E-state index contributed by atoms with van der Waals surface area (Å²) in [6.07, 6.45) is 2.48. The van der Waals surface area contributed by atoms with Crippen LogP contribution in [0.3, 0.4) is 0 Å². The maximum Gasteiger partial charge on any atom is 0.407 e. The minimum absolute atomic E-state index is 0.170. The Labute approximate surface area is 120 Å². The molecule has 0 radical (unpaired) electrons. The number of pyridine rings is 1. The molecule has 1 aliphatic carbocycles. The molecule has 1 saturated carbocycles. The van der Waals surface area contributed by atoms with Crippen molar-refractivity contribution in [2.24, 2.45) is 0 Å². The van der Waals surface area contributed by atoms with Crippen LogP contribution in [0.4, 0.5) is 4.79 Å². The largest absolute Gasteiger partial charge is 0.444 e. The molecule has 1 heterocycles. The third kappa shape index (κ3) is 4.81. The number of carbonyl (C=O) groups is 1. The summed E-state index contributed by atoms with van der Waals surface area (Å²) in [6, 6.07) is 4.56. The molecule has 1 aliphatic rings. The van der Waals surface area contributed by atoms with E-state index < -0.39 is 5.60 Å². The van der Waals surface area contributed by atoms with Crippen LogP contribution in [-0.4, -0.2) is 28.8 Å². The highest BCUT2D eigenvalue weighted by molar-refractivity contribution is 5.68. The van der Waals surface area contributed by atoms with Gasteiger partial charge in [-0.05, 0) is 45.7 Å². The number of aromatic nitrogens is 1. The average Bonchev–Trinajstić information content (AvgIpc) is 3.04. The molecule has 20 heavy (non-hydrogen) atoms. The third-order valence-electron chi connectivity index (χ3n) is 3.03. The van der Waals surface area contributed by atoms with Crippen molar-refractivity contribution >= 4 is 6.09 Å². The van der Waals surface area contributed by atoms with Gasteiger partial charge in [0.1, 0.15) is 5.60 Å². The summed E-state index contributed by atoms with van der Waals surface area (Å²) in [5.41, 5.74) is 1.72. The molecule has 2 rings (SSSR count). The molecule has 110 valence electrons. The van der Waals surface area contributed by atoms with E-state index in [2.05, 4.69) is 21.7 Å². The summed E-state index contributed by atoms with van der Waals surface area (Å²) < 4.78 is 5.22. The van der Waals surface area contributed by atoms with Crippen molar-refractivity contribution in [2.75, 3.05) is 0 Å². The van der Waals surface area contributed by atoms with Gasteiger partial charge in [-0.1, -0.05) is 6.07 Å². The molecule has 0 aliphatic heterocycles. The first kappa shape index (κ1) is 14.8. The van der Waals surface area contributed by atoms with Crippen LogP contribution in [0.25, 0.3) is 0 Å². The zero-order valence-corrected chi connectivity index (χ0v) is 12.6. The lowest BCUT2D eigenvalue weighted by Gasteiger charge is -2.19. The van der Waals surface area contributed by atoms with E-state index in [0.717, 1.165) is 24.2 Å². The van der Waals surface area contributed by atoms with Gasteiger partial charge in [-0.3, -0.25) is 4.98 Å². The lowest BCUT2D eigenvalue weighted by atomic mass is 10.2. The second-order valence-electron chi connectivity index (χ2n) is 6.28. The predicted octanol–water partition coefficient (Wildman–Crippen LogP) is 2.15. The van der Waals surface area contributed by atoms with Crippen molar-refractivity contribution in [1.82, 2.24) is 15.6 Å². The van der Waals surface area contributed by atoms with Gasteiger partial charge in [0.05, 0.1) is 0 Å². The Hall–Kier alpha value is -1.62. The maximum atomic E-state index is 11.6. The molecule has 0 bridgehead atoms. The van der Waals surface area contributed by atoms with E-state index in [1.807, 2.05) is 40.0 Å². The fraction of sp³-hybridized carbons (Fsp3) is 0.600. The Morgan fingerprint density at radius 2 is 2.15 bits per heavy atom. The van der Waals surface area contributed by atoms with E-state index in [1.165, 1.54) is 0 Å². The highest BCUT2D eigenvalue weighted by Gasteiger charge is 2.38. The molecule has 0 aromatic carbocycles. The Bertz CT molecular complexity index is 465. The highest BCUT2D eigenvalue weighted by Crippen LogP contribution is 2.22. The van der Waals surface area contributed by atoms with Crippen molar-refractivity contribution < 1.29 is 9.53 Å². The number of alkyl carbamates (subject to hydrolysis) is 1. The van der Waals surface area contributed by atoms with E-state index in [9.17, 15) is 4.79 Å². The summed E-state index contributed by atoms with van der Waals surface area (Å²) in [6.45, 7) is 8.32. The minimum Gasteiger partial charge on any atom is -0.444 e. The predicted molar refractivity (Wildman–Crippen MR) is 77.4 cm³/mol. The molecule has 0 saturated heterocycles. The summed E-state index contributed by atoms with van der Waals surface area (Å²) in [7, 11) is 0. The highest BCUT2D eigenvalue weighted by atomic mass is 16.6. The molecule has 2 atom stereocenters. The number of carbonyl (C=O) groups excluding carboxylic acids is 1. The first-order chi connectivity index (χ1) is 9.33. The zero-order chi connectivity index (χ0) is 14.8. The number of nitrogens with zero attached hydrogens (tertiary/aromatic N) is 1. The second-order valence-corrected chi connectivity index (χ2v) is 6.28. The average molecular weight is 277 g/mol. The van der Waals surface area contributed by atoms with Crippen LogP contribution in [0.1, 0.15) is 38.4 Å². The number of nitrogens with one attached hydrogen (secondary N) is 2. The Balaban J connectivity index is 1.68. The van der Waals surface area contributed by atoms with E-state index in [1.54, 1.807) is 0 Å². The van der Waals surface area contributed by atoms with Gasteiger partial charge in [-0.25, -0.2) is 4.79 Å². The molecule has 5 heteroatoms. The zero-order valence-electron chi connectivity index (χ0n) is 12.6. The molecular weight excluding hydrogens is 254 g/mol. The van der Waals surface area contributed by atoms with E-state index in [4.69, 9.17) is 4.74 Å². The molecule has 1 fully saturated rings. The van der Waals surface area contributed by atoms with Gasteiger partial charge in [0.25, 0.3) is 0 Å². The fourth-order valence-electron chi connectivity index (χ4n) is 1.89. The Kier molecular flexibility index (Phi) is 4.28.